The average molecular weight is 89.2 g/mol. The molecule has 1 saturated heterocycles. The minimum Gasteiger partial charge on any atom is -0.317 e. The second kappa shape index (κ2) is 2.19. The minimum atomic E-state index is -1.74. The van der Waals surface area contributed by atoms with Crippen molar-refractivity contribution >= 4 is 0 Å². The molecule has 0 bridgehead atoms. The lowest BCUT2D eigenvalue weighted by molar-refractivity contribution is 0.520. The summed E-state index contributed by atoms with van der Waals surface area (Å²) in [6.07, 6.45) is 0.582. The van der Waals surface area contributed by atoms with E-state index in [-0.39, 0.29) is 0 Å². The molecule has 1 nitrogen and oxygen atoms in total. The van der Waals surface area contributed by atoms with Crippen LogP contribution in [0, 0.1) is 0 Å². The molecule has 1 aliphatic rings. The number of hydrogen-bond acceptors (Lipinski definition) is 1. The van der Waals surface area contributed by atoms with Crippen molar-refractivity contribution in [2.24, 2.45) is 0 Å². The van der Waals surface area contributed by atoms with Gasteiger partial charge in [-0.25, -0.2) is 0 Å². The van der Waals surface area contributed by atoms with Gasteiger partial charge in [0.05, 0.1) is 0 Å². The summed E-state index contributed by atoms with van der Waals surface area (Å²) in [5, 5.41) is 0.869. The molecule has 0 aromatic carbocycles. The normalized spacial score (nSPS) is 57.7. The maximum atomic E-state index is 7.27. The van der Waals surface area contributed by atoms with E-state index in [1.807, 2.05) is 0 Å². The molecule has 6 heavy (non-hydrogen) atoms. The molecule has 0 amide bonds. The Kier molecular flexibility index (Phi) is 0.539. The Labute approximate surface area is 44.4 Å². The van der Waals surface area contributed by atoms with Crippen molar-refractivity contribution in [3.8, 4) is 0 Å². The molecule has 1 heterocycles. The highest BCUT2D eigenvalue weighted by atomic mass is 14.9. The Bertz CT molecular complexity index is 115. The lowest BCUT2D eigenvalue weighted by atomic mass is 10.2. The van der Waals surface area contributed by atoms with Gasteiger partial charge in [-0.3, -0.25) is 0 Å². The highest BCUT2D eigenvalue weighted by Crippen LogP contribution is 1.96. The molecule has 1 unspecified atom stereocenters. The Morgan fingerprint density at radius 2 is 2.67 bits per heavy atom. The Balaban J connectivity index is 2.63. The number of hydrogen-bond donors (Lipinski definition) is 1. The smallest absolute Gasteiger partial charge is 0.122 e. The fourth-order valence-electron chi connectivity index (χ4n) is 0.466. The third-order valence-electron chi connectivity index (χ3n) is 0.801. The molecule has 1 aliphatic heterocycles. The van der Waals surface area contributed by atoms with Gasteiger partial charge in [-0.15, -0.1) is 0 Å². The molecular weight excluding hydrogens is 74.1 g/mol. The van der Waals surface area contributed by atoms with Crippen LogP contribution in [-0.2, 0) is 0 Å². The van der Waals surface area contributed by atoms with E-state index in [1.54, 1.807) is 0 Å². The van der Waals surface area contributed by atoms with Crippen molar-refractivity contribution in [3.05, 3.63) is 0 Å². The third-order valence-corrected chi connectivity index (χ3v) is 0.801. The first-order chi connectivity index (χ1) is 4.55. The molecule has 0 radical (unpaired) electrons. The van der Waals surface area contributed by atoms with Gasteiger partial charge in [-0.05, 0) is 25.9 Å². The number of piperidine rings is 1. The first-order valence-electron chi connectivity index (χ1n) is 4.26. The zero-order valence-electron chi connectivity index (χ0n) is 7.65. The molecule has 0 spiro atoms. The van der Waals surface area contributed by atoms with Crippen molar-refractivity contribution in [2.45, 2.75) is 19.2 Å². The van der Waals surface area contributed by atoms with E-state index in [2.05, 4.69) is 0 Å². The van der Waals surface area contributed by atoms with Gasteiger partial charge in [0.25, 0.3) is 0 Å². The molecule has 0 aromatic rings. The summed E-state index contributed by atoms with van der Waals surface area (Å²) < 4.78 is 28.9. The summed E-state index contributed by atoms with van der Waals surface area (Å²) >= 11 is 0. The van der Waals surface area contributed by atoms with Gasteiger partial charge >= 0.3 is 0 Å². The van der Waals surface area contributed by atoms with Gasteiger partial charge in [-0.2, -0.15) is 0 Å². The predicted octanol–water partition coefficient (Wildman–Crippen LogP) is 0.760. The van der Waals surface area contributed by atoms with E-state index >= 15 is 0 Å². The van der Waals surface area contributed by atoms with Crippen LogP contribution in [0.25, 0.3) is 0 Å². The topological polar surface area (TPSA) is 12.0 Å². The Morgan fingerprint density at radius 1 is 1.67 bits per heavy atom. The minimum absolute atomic E-state index is 0.447. The van der Waals surface area contributed by atoms with E-state index in [4.69, 9.17) is 5.52 Å². The van der Waals surface area contributed by atoms with Crippen molar-refractivity contribution in [1.82, 2.24) is 5.31 Å². The van der Waals surface area contributed by atoms with Crippen molar-refractivity contribution in [1.29, 1.82) is 0 Å². The van der Waals surface area contributed by atoms with Crippen LogP contribution < -0.4 is 5.31 Å². The SMILES string of the molecule is [2H]C1CCCN([2H])C1([2H])[2H]. The molecule has 1 atom stereocenters. The van der Waals surface area contributed by atoms with Crippen molar-refractivity contribution in [3.63, 3.8) is 0 Å². The van der Waals surface area contributed by atoms with E-state index in [0.29, 0.717) is 13.0 Å². The van der Waals surface area contributed by atoms with E-state index in [1.165, 1.54) is 0 Å². The van der Waals surface area contributed by atoms with E-state index in [0.717, 1.165) is 11.7 Å². The van der Waals surface area contributed by atoms with Crippen LogP contribution in [0.4, 0.5) is 0 Å². The molecule has 1 fully saturated rings. The summed E-state index contributed by atoms with van der Waals surface area (Å²) in [4.78, 5) is 0. The van der Waals surface area contributed by atoms with Crippen LogP contribution in [0.15, 0.2) is 0 Å². The van der Waals surface area contributed by atoms with Gasteiger partial charge in [0, 0.05) is 4.11 Å². The highest BCUT2D eigenvalue weighted by Gasteiger charge is 1.93. The van der Waals surface area contributed by atoms with Gasteiger partial charge in [-0.1, -0.05) is 6.42 Å². The lowest BCUT2D eigenvalue weighted by Crippen LogP contribution is -2.21. The van der Waals surface area contributed by atoms with Crippen molar-refractivity contribution < 1.29 is 5.52 Å². The lowest BCUT2D eigenvalue weighted by Gasteiger charge is -2.08. The summed E-state index contributed by atoms with van der Waals surface area (Å²) in [5.41, 5.74) is 0. The van der Waals surface area contributed by atoms with Crippen LogP contribution >= 0.6 is 0 Å². The summed E-state index contributed by atoms with van der Waals surface area (Å²) in [7, 11) is 0. The molecule has 0 saturated carbocycles. The molecule has 36 valence electrons. The van der Waals surface area contributed by atoms with Gasteiger partial charge in [0.1, 0.15) is 1.41 Å². The molecule has 0 aromatic heterocycles. The van der Waals surface area contributed by atoms with Gasteiger partial charge in [0.15, 0.2) is 0 Å². The molecule has 0 aliphatic carbocycles. The molecule has 1 rings (SSSR count). The monoisotopic (exact) mass is 89.1 g/mol. The Hall–Kier alpha value is -0.0400. The number of nitrogens with one attached hydrogen (secondary N) is 1. The zero-order chi connectivity index (χ0) is 7.78. The second-order valence-corrected chi connectivity index (χ2v) is 1.36. The average Bonchev–Trinajstić information content (AvgIpc) is 1.84. The first kappa shape index (κ1) is 1.48. The summed E-state index contributed by atoms with van der Waals surface area (Å²) in [6.45, 7) is -1.29. The van der Waals surface area contributed by atoms with Crippen LogP contribution in [0.5, 0.6) is 0 Å². The third kappa shape index (κ3) is 0.977. The van der Waals surface area contributed by atoms with Crippen LogP contribution in [-0.4, -0.2) is 13.0 Å². The predicted molar refractivity (Wildman–Crippen MR) is 26.7 cm³/mol. The zero-order valence-corrected chi connectivity index (χ0v) is 3.65. The van der Waals surface area contributed by atoms with Gasteiger partial charge in [0.2, 0.25) is 0 Å². The molecular formula is C5H11N. The quantitative estimate of drug-likeness (QED) is 0.462. The van der Waals surface area contributed by atoms with Crippen LogP contribution in [0.2, 0.25) is 1.41 Å². The van der Waals surface area contributed by atoms with E-state index < -0.39 is 12.9 Å². The maximum Gasteiger partial charge on any atom is 0.122 e. The van der Waals surface area contributed by atoms with Crippen molar-refractivity contribution in [2.75, 3.05) is 13.0 Å². The second-order valence-electron chi connectivity index (χ2n) is 1.36. The van der Waals surface area contributed by atoms with Crippen LogP contribution in [0.3, 0.4) is 0 Å². The first-order valence-corrected chi connectivity index (χ1v) is 2.24. The van der Waals surface area contributed by atoms with Gasteiger partial charge < -0.3 is 5.31 Å². The van der Waals surface area contributed by atoms with Crippen LogP contribution in [0.1, 0.15) is 23.4 Å². The summed E-state index contributed by atoms with van der Waals surface area (Å²) in [6, 6.07) is 0. The largest absolute Gasteiger partial charge is 0.317 e. The van der Waals surface area contributed by atoms with E-state index in [9.17, 15) is 0 Å². The Morgan fingerprint density at radius 3 is 3.33 bits per heavy atom. The number of rotatable bonds is 0. The highest BCUT2D eigenvalue weighted by molar-refractivity contribution is 4.55. The standard InChI is InChI=1S/C5H11N/c1-2-4-6-5-3-1/h6H,1-5H2/i2D,4D2/hD. The maximum absolute atomic E-state index is 7.27. The molecule has 1 N–H and O–H groups in total. The fourth-order valence-corrected chi connectivity index (χ4v) is 0.466. The summed E-state index contributed by atoms with van der Waals surface area (Å²) in [5.74, 6) is 0. The molecule has 1 heteroatoms. The fraction of sp³-hybridized carbons (Fsp3) is 1.00.